The van der Waals surface area contributed by atoms with Crippen molar-refractivity contribution in [1.82, 2.24) is 0 Å². The maximum atomic E-state index is 9.06. The molecule has 0 heterocycles. The minimum absolute atomic E-state index is 0.0347. The van der Waals surface area contributed by atoms with Gasteiger partial charge in [-0.05, 0) is 19.8 Å². The maximum Gasteiger partial charge on any atom is 0.0770 e. The summed E-state index contributed by atoms with van der Waals surface area (Å²) in [5.41, 5.74) is 4.86. The lowest BCUT2D eigenvalue weighted by molar-refractivity contribution is -0.0367. The molecule has 0 amide bonds. The van der Waals surface area contributed by atoms with E-state index in [1.807, 2.05) is 0 Å². The van der Waals surface area contributed by atoms with Crippen LogP contribution in [0.2, 0.25) is 0 Å². The largest absolute Gasteiger partial charge is 0.389 e. The average Bonchev–Trinajstić information content (AvgIpc) is 1.63. The van der Waals surface area contributed by atoms with Crippen LogP contribution in [0, 0.1) is 0 Å². The standard InChI is InChI=1S/C5H11NO/c1-5(7)3-2-4(5)6/h4,7H,2-3,6H2,1H3/t4-,5+/m0/s1. The van der Waals surface area contributed by atoms with Gasteiger partial charge in [-0.25, -0.2) is 0 Å². The van der Waals surface area contributed by atoms with Gasteiger partial charge in [-0.1, -0.05) is 0 Å². The van der Waals surface area contributed by atoms with Crippen LogP contribution in [-0.2, 0) is 0 Å². The lowest BCUT2D eigenvalue weighted by Gasteiger charge is -2.39. The van der Waals surface area contributed by atoms with E-state index < -0.39 is 5.60 Å². The van der Waals surface area contributed by atoms with Gasteiger partial charge in [-0.15, -0.1) is 0 Å². The van der Waals surface area contributed by atoms with Crippen LogP contribution in [0.4, 0.5) is 0 Å². The van der Waals surface area contributed by atoms with Gasteiger partial charge in [-0.3, -0.25) is 0 Å². The van der Waals surface area contributed by atoms with Gasteiger partial charge in [0.05, 0.1) is 5.60 Å². The normalized spacial score (nSPS) is 51.0. The predicted octanol–water partition coefficient (Wildman–Crippen LogP) is -0.142. The monoisotopic (exact) mass is 101 g/mol. The Morgan fingerprint density at radius 2 is 2.29 bits per heavy atom. The van der Waals surface area contributed by atoms with Gasteiger partial charge in [0.25, 0.3) is 0 Å². The Kier molecular flexibility index (Phi) is 0.869. The van der Waals surface area contributed by atoms with Gasteiger partial charge in [0.1, 0.15) is 0 Å². The molecule has 1 saturated carbocycles. The zero-order valence-corrected chi connectivity index (χ0v) is 4.52. The van der Waals surface area contributed by atoms with Gasteiger partial charge in [0.15, 0.2) is 0 Å². The van der Waals surface area contributed by atoms with Gasteiger partial charge >= 0.3 is 0 Å². The van der Waals surface area contributed by atoms with Crippen molar-refractivity contribution in [2.45, 2.75) is 31.4 Å². The highest BCUT2D eigenvalue weighted by Gasteiger charge is 2.37. The van der Waals surface area contributed by atoms with E-state index in [4.69, 9.17) is 10.8 Å². The molecular formula is C5H11NO. The smallest absolute Gasteiger partial charge is 0.0770 e. The summed E-state index contributed by atoms with van der Waals surface area (Å²) >= 11 is 0. The molecule has 0 aromatic carbocycles. The van der Waals surface area contributed by atoms with Crippen molar-refractivity contribution in [1.29, 1.82) is 0 Å². The number of nitrogens with two attached hydrogens (primary N) is 1. The molecule has 0 bridgehead atoms. The average molecular weight is 101 g/mol. The van der Waals surface area contributed by atoms with Crippen molar-refractivity contribution < 1.29 is 5.11 Å². The fourth-order valence-electron chi connectivity index (χ4n) is 0.729. The number of hydrogen-bond donors (Lipinski definition) is 2. The zero-order chi connectivity index (χ0) is 5.49. The summed E-state index contributed by atoms with van der Waals surface area (Å²) in [6, 6.07) is 0.0347. The minimum Gasteiger partial charge on any atom is -0.389 e. The molecule has 0 aromatic heterocycles. The zero-order valence-electron chi connectivity index (χ0n) is 4.52. The fourth-order valence-corrected chi connectivity index (χ4v) is 0.729. The summed E-state index contributed by atoms with van der Waals surface area (Å²) < 4.78 is 0. The maximum absolute atomic E-state index is 9.06. The van der Waals surface area contributed by atoms with Crippen LogP contribution in [0.25, 0.3) is 0 Å². The van der Waals surface area contributed by atoms with E-state index in [0.717, 1.165) is 12.8 Å². The first-order valence-corrected chi connectivity index (χ1v) is 2.61. The van der Waals surface area contributed by atoms with Crippen molar-refractivity contribution in [3.05, 3.63) is 0 Å². The third kappa shape index (κ3) is 0.640. The Morgan fingerprint density at radius 1 is 1.86 bits per heavy atom. The van der Waals surface area contributed by atoms with Crippen LogP contribution in [0.1, 0.15) is 19.8 Å². The van der Waals surface area contributed by atoms with Crippen LogP contribution in [0.5, 0.6) is 0 Å². The number of hydrogen-bond acceptors (Lipinski definition) is 2. The fraction of sp³-hybridized carbons (Fsp3) is 1.00. The minimum atomic E-state index is -0.542. The molecule has 0 aromatic rings. The third-order valence-corrected chi connectivity index (χ3v) is 1.76. The van der Waals surface area contributed by atoms with Crippen molar-refractivity contribution in [2.24, 2.45) is 5.73 Å². The van der Waals surface area contributed by atoms with Crippen molar-refractivity contribution >= 4 is 0 Å². The highest BCUT2D eigenvalue weighted by molar-refractivity contribution is 4.95. The molecule has 1 aliphatic carbocycles. The number of aliphatic hydroxyl groups is 1. The van der Waals surface area contributed by atoms with E-state index in [1.54, 1.807) is 6.92 Å². The van der Waals surface area contributed by atoms with Crippen molar-refractivity contribution in [2.75, 3.05) is 0 Å². The Morgan fingerprint density at radius 3 is 2.29 bits per heavy atom. The van der Waals surface area contributed by atoms with Gasteiger partial charge in [0, 0.05) is 6.04 Å². The summed E-state index contributed by atoms with van der Waals surface area (Å²) in [6.07, 6.45) is 1.85. The molecule has 2 atom stereocenters. The Bertz CT molecular complexity index is 80.1. The number of rotatable bonds is 0. The quantitative estimate of drug-likeness (QED) is 0.446. The highest BCUT2D eigenvalue weighted by Crippen LogP contribution is 2.29. The highest BCUT2D eigenvalue weighted by atomic mass is 16.3. The van der Waals surface area contributed by atoms with E-state index in [2.05, 4.69) is 0 Å². The topological polar surface area (TPSA) is 46.2 Å². The van der Waals surface area contributed by atoms with E-state index in [-0.39, 0.29) is 6.04 Å². The van der Waals surface area contributed by atoms with E-state index in [9.17, 15) is 0 Å². The summed E-state index contributed by atoms with van der Waals surface area (Å²) in [5.74, 6) is 0. The Labute approximate surface area is 43.3 Å². The second-order valence-electron chi connectivity index (χ2n) is 2.50. The molecule has 0 aliphatic heterocycles. The molecular weight excluding hydrogens is 90.1 g/mol. The molecule has 2 nitrogen and oxygen atoms in total. The van der Waals surface area contributed by atoms with E-state index >= 15 is 0 Å². The first kappa shape index (κ1) is 5.06. The van der Waals surface area contributed by atoms with Crippen LogP contribution in [0.15, 0.2) is 0 Å². The first-order valence-electron chi connectivity index (χ1n) is 2.61. The molecule has 0 unspecified atom stereocenters. The van der Waals surface area contributed by atoms with Crippen molar-refractivity contribution in [3.63, 3.8) is 0 Å². The molecule has 0 radical (unpaired) electrons. The summed E-state index contributed by atoms with van der Waals surface area (Å²) in [6.45, 7) is 1.78. The van der Waals surface area contributed by atoms with Crippen LogP contribution in [-0.4, -0.2) is 16.7 Å². The van der Waals surface area contributed by atoms with Crippen LogP contribution < -0.4 is 5.73 Å². The molecule has 42 valence electrons. The van der Waals surface area contributed by atoms with Gasteiger partial charge in [-0.2, -0.15) is 0 Å². The summed E-state index contributed by atoms with van der Waals surface area (Å²) in [7, 11) is 0. The summed E-state index contributed by atoms with van der Waals surface area (Å²) in [5, 5.41) is 9.06. The summed E-state index contributed by atoms with van der Waals surface area (Å²) in [4.78, 5) is 0. The molecule has 1 aliphatic rings. The predicted molar refractivity (Wildman–Crippen MR) is 27.8 cm³/mol. The van der Waals surface area contributed by atoms with Crippen LogP contribution >= 0.6 is 0 Å². The van der Waals surface area contributed by atoms with E-state index in [0.29, 0.717) is 0 Å². The molecule has 3 N–H and O–H groups in total. The SMILES string of the molecule is C[C@@]1(O)CC[C@@H]1N. The third-order valence-electron chi connectivity index (χ3n) is 1.76. The molecule has 1 fully saturated rings. The molecule has 1 rings (SSSR count). The lowest BCUT2D eigenvalue weighted by Crippen LogP contribution is -2.54. The molecule has 0 saturated heterocycles. The van der Waals surface area contributed by atoms with Gasteiger partial charge in [0.2, 0.25) is 0 Å². The van der Waals surface area contributed by atoms with Gasteiger partial charge < -0.3 is 10.8 Å². The van der Waals surface area contributed by atoms with Crippen LogP contribution in [0.3, 0.4) is 0 Å². The molecule has 0 spiro atoms. The second-order valence-corrected chi connectivity index (χ2v) is 2.50. The molecule has 2 heteroatoms. The Balaban J connectivity index is 2.43. The lowest BCUT2D eigenvalue weighted by atomic mass is 9.77. The Hall–Kier alpha value is -0.0800. The molecule has 7 heavy (non-hydrogen) atoms. The second kappa shape index (κ2) is 1.20. The van der Waals surface area contributed by atoms with E-state index in [1.165, 1.54) is 0 Å². The van der Waals surface area contributed by atoms with Crippen molar-refractivity contribution in [3.8, 4) is 0 Å². The first-order chi connectivity index (χ1) is 3.13.